The first-order valence-corrected chi connectivity index (χ1v) is 11.7. The molecule has 0 N–H and O–H groups in total. The molecule has 0 aliphatic rings. The second-order valence-electron chi connectivity index (χ2n) is 9.08. The van der Waals surface area contributed by atoms with Crippen LogP contribution < -0.4 is 0 Å². The molecule has 0 aliphatic carbocycles. The Balaban J connectivity index is -0.00000146. The Kier molecular flexibility index (Phi) is 20.4. The van der Waals surface area contributed by atoms with Crippen molar-refractivity contribution in [2.45, 2.75) is 121 Å². The van der Waals surface area contributed by atoms with Crippen LogP contribution in [0.4, 0.5) is 0 Å². The highest BCUT2D eigenvalue weighted by atomic mass is 14.3. The Labute approximate surface area is 180 Å². The second-order valence-corrected chi connectivity index (χ2v) is 9.08. The van der Waals surface area contributed by atoms with Gasteiger partial charge in [0.2, 0.25) is 0 Å². The van der Waals surface area contributed by atoms with Gasteiger partial charge in [-0.05, 0) is 56.8 Å². The topological polar surface area (TPSA) is 0 Å². The summed E-state index contributed by atoms with van der Waals surface area (Å²) in [5.41, 5.74) is 4.64. The average molecular weight is 391 g/mol. The molecule has 0 saturated carbocycles. The van der Waals surface area contributed by atoms with Crippen molar-refractivity contribution in [2.24, 2.45) is 10.8 Å². The van der Waals surface area contributed by atoms with Crippen LogP contribution in [0.25, 0.3) is 0 Å². The third kappa shape index (κ3) is 18.3. The lowest BCUT2D eigenvalue weighted by Gasteiger charge is -2.34. The van der Waals surface area contributed by atoms with Gasteiger partial charge in [0.05, 0.1) is 0 Å². The van der Waals surface area contributed by atoms with Crippen LogP contribution in [0.1, 0.15) is 121 Å². The predicted octanol–water partition coefficient (Wildman–Crippen LogP) is 10.5. The maximum absolute atomic E-state index is 4.43. The minimum Gasteiger partial charge on any atom is -0.0993 e. The van der Waals surface area contributed by atoms with Crippen LogP contribution in [0, 0.1) is 10.8 Å². The largest absolute Gasteiger partial charge is 0.0993 e. The summed E-state index contributed by atoms with van der Waals surface area (Å²) in [6, 6.07) is 0. The quantitative estimate of drug-likeness (QED) is 0.187. The van der Waals surface area contributed by atoms with E-state index in [0.717, 1.165) is 12.8 Å². The molecule has 0 aromatic carbocycles. The van der Waals surface area contributed by atoms with Crippen LogP contribution in [0.2, 0.25) is 0 Å². The zero-order valence-electron chi connectivity index (χ0n) is 21.6. The van der Waals surface area contributed by atoms with Crippen molar-refractivity contribution in [3.63, 3.8) is 0 Å². The first-order valence-electron chi connectivity index (χ1n) is 11.7. The van der Waals surface area contributed by atoms with Gasteiger partial charge in [0, 0.05) is 0 Å². The van der Waals surface area contributed by atoms with Gasteiger partial charge in [-0.2, -0.15) is 0 Å². The zero-order valence-corrected chi connectivity index (χ0v) is 21.6. The van der Waals surface area contributed by atoms with Crippen molar-refractivity contribution in [3.05, 3.63) is 48.1 Å². The van der Waals surface area contributed by atoms with E-state index < -0.39 is 0 Å². The fourth-order valence-corrected chi connectivity index (χ4v) is 2.96. The van der Waals surface area contributed by atoms with E-state index in [1.165, 1.54) is 48.8 Å². The molecule has 0 rings (SSSR count). The Bertz CT molecular complexity index is 449. The summed E-state index contributed by atoms with van der Waals surface area (Å²) in [5.74, 6) is 0. The third-order valence-corrected chi connectivity index (χ3v) is 4.87. The Morgan fingerprint density at radius 3 is 1.82 bits per heavy atom. The van der Waals surface area contributed by atoms with Gasteiger partial charge in [-0.25, -0.2) is 0 Å². The molecule has 0 aliphatic heterocycles. The van der Waals surface area contributed by atoms with E-state index in [4.69, 9.17) is 0 Å². The molecule has 0 spiro atoms. The van der Waals surface area contributed by atoms with E-state index in [9.17, 15) is 0 Å². The lowest BCUT2D eigenvalue weighted by molar-refractivity contribution is 0.290. The Morgan fingerprint density at radius 2 is 1.39 bits per heavy atom. The van der Waals surface area contributed by atoms with Gasteiger partial charge in [0.15, 0.2) is 0 Å². The summed E-state index contributed by atoms with van der Waals surface area (Å²) in [4.78, 5) is 0. The molecule has 1 atom stereocenters. The van der Waals surface area contributed by atoms with Crippen molar-refractivity contribution in [1.29, 1.82) is 0 Å². The second kappa shape index (κ2) is 18.0. The maximum Gasteiger partial charge on any atom is -0.0121 e. The molecule has 0 aromatic rings. The van der Waals surface area contributed by atoms with Crippen molar-refractivity contribution < 1.29 is 0 Å². The number of unbranched alkanes of at least 4 members (excludes halogenated alkanes) is 2. The van der Waals surface area contributed by atoms with Gasteiger partial charge < -0.3 is 0 Å². The van der Waals surface area contributed by atoms with Crippen molar-refractivity contribution in [3.8, 4) is 0 Å². The highest BCUT2D eigenvalue weighted by molar-refractivity contribution is 5.20. The van der Waals surface area contributed by atoms with Crippen LogP contribution in [0.3, 0.4) is 0 Å². The molecule has 0 heterocycles. The Hall–Kier alpha value is -1.04. The molecule has 166 valence electrons. The van der Waals surface area contributed by atoms with E-state index in [1.54, 1.807) is 0 Å². The van der Waals surface area contributed by atoms with E-state index in [-0.39, 0.29) is 0 Å². The summed E-state index contributed by atoms with van der Waals surface area (Å²) in [6.07, 6.45) is 14.9. The first-order chi connectivity index (χ1) is 13.0. The Morgan fingerprint density at radius 1 is 0.857 bits per heavy atom. The summed E-state index contributed by atoms with van der Waals surface area (Å²) in [7, 11) is 0. The molecule has 28 heavy (non-hydrogen) atoms. The van der Waals surface area contributed by atoms with E-state index in [1.807, 2.05) is 27.7 Å². The van der Waals surface area contributed by atoms with Crippen LogP contribution >= 0.6 is 0 Å². The SMILES string of the molecule is C=C(/C=C\C=C(C)C)CCCCCC(C)(CC)C(=C)CC(C)(C)C.CC.CC. The van der Waals surface area contributed by atoms with Gasteiger partial charge in [0.1, 0.15) is 0 Å². The van der Waals surface area contributed by atoms with Crippen LogP contribution in [-0.2, 0) is 0 Å². The minimum absolute atomic E-state index is 0.299. The number of hydrogen-bond donors (Lipinski definition) is 0. The zero-order chi connectivity index (χ0) is 22.8. The lowest BCUT2D eigenvalue weighted by atomic mass is 9.71. The average Bonchev–Trinajstić information content (AvgIpc) is 2.62. The number of rotatable bonds is 11. The molecule has 0 radical (unpaired) electrons. The smallest absolute Gasteiger partial charge is 0.0121 e. The van der Waals surface area contributed by atoms with Crippen LogP contribution in [-0.4, -0.2) is 0 Å². The standard InChI is InChI=1S/C24H42.2C2H6/c1-10-24(9,22(5)19-23(6,7)8)18-13-11-12-16-21(4)17-14-15-20(2)3;2*1-2/h14-15,17H,4-5,10-13,16,18-19H2,1-3,6-9H3;2*1-2H3/b17-14-;;. The molecule has 0 nitrogen and oxygen atoms in total. The van der Waals surface area contributed by atoms with E-state index in [0.29, 0.717) is 10.8 Å². The predicted molar refractivity (Wildman–Crippen MR) is 135 cm³/mol. The molecular weight excluding hydrogens is 336 g/mol. The highest BCUT2D eigenvalue weighted by Gasteiger charge is 2.27. The molecule has 0 amide bonds. The lowest BCUT2D eigenvalue weighted by Crippen LogP contribution is -2.21. The monoisotopic (exact) mass is 390 g/mol. The fourth-order valence-electron chi connectivity index (χ4n) is 2.96. The third-order valence-electron chi connectivity index (χ3n) is 4.87. The van der Waals surface area contributed by atoms with Crippen LogP contribution in [0.15, 0.2) is 48.1 Å². The molecular formula is C28H54. The fraction of sp³-hybridized carbons (Fsp3) is 0.714. The normalized spacial score (nSPS) is 12.8. The summed E-state index contributed by atoms with van der Waals surface area (Å²) in [6.45, 7) is 32.5. The summed E-state index contributed by atoms with van der Waals surface area (Å²) >= 11 is 0. The van der Waals surface area contributed by atoms with Gasteiger partial charge in [-0.15, -0.1) is 0 Å². The molecule has 0 aromatic heterocycles. The molecule has 0 bridgehead atoms. The van der Waals surface area contributed by atoms with Gasteiger partial charge in [-0.3, -0.25) is 0 Å². The summed E-state index contributed by atoms with van der Waals surface area (Å²) in [5, 5.41) is 0. The maximum atomic E-state index is 4.43. The van der Waals surface area contributed by atoms with E-state index in [2.05, 4.69) is 79.9 Å². The van der Waals surface area contributed by atoms with E-state index >= 15 is 0 Å². The molecule has 1 unspecified atom stereocenters. The van der Waals surface area contributed by atoms with Crippen molar-refractivity contribution in [2.75, 3.05) is 0 Å². The highest BCUT2D eigenvalue weighted by Crippen LogP contribution is 2.41. The number of hydrogen-bond acceptors (Lipinski definition) is 0. The first kappa shape index (κ1) is 31.6. The molecule has 0 saturated heterocycles. The van der Waals surface area contributed by atoms with Gasteiger partial charge in [-0.1, -0.05) is 123 Å². The molecule has 0 heteroatoms. The van der Waals surface area contributed by atoms with Crippen molar-refractivity contribution in [1.82, 2.24) is 0 Å². The molecule has 0 fully saturated rings. The number of allylic oxidation sites excluding steroid dienone is 6. The minimum atomic E-state index is 0.299. The summed E-state index contributed by atoms with van der Waals surface area (Å²) < 4.78 is 0. The van der Waals surface area contributed by atoms with Crippen molar-refractivity contribution >= 4 is 0 Å². The van der Waals surface area contributed by atoms with Gasteiger partial charge in [0.25, 0.3) is 0 Å². The van der Waals surface area contributed by atoms with Crippen LogP contribution in [0.5, 0.6) is 0 Å². The van der Waals surface area contributed by atoms with Gasteiger partial charge >= 0.3 is 0 Å².